The summed E-state index contributed by atoms with van der Waals surface area (Å²) in [6.45, 7) is 2.05. The lowest BCUT2D eigenvalue weighted by Gasteiger charge is -2.31. The summed E-state index contributed by atoms with van der Waals surface area (Å²) in [4.78, 5) is 28.4. The molecule has 0 radical (unpaired) electrons. The zero-order valence-corrected chi connectivity index (χ0v) is 20.1. The summed E-state index contributed by atoms with van der Waals surface area (Å²) in [5.41, 5.74) is 1.30. The van der Waals surface area contributed by atoms with Gasteiger partial charge in [-0.3, -0.25) is 9.59 Å². The number of ether oxygens (including phenoxy) is 1. The fourth-order valence-corrected chi connectivity index (χ4v) is 4.30. The van der Waals surface area contributed by atoms with Crippen molar-refractivity contribution in [1.82, 2.24) is 10.3 Å². The van der Waals surface area contributed by atoms with Gasteiger partial charge in [-0.1, -0.05) is 0 Å². The fraction of sp³-hybridized carbons (Fsp3) is 0.292. The molecule has 192 valence electrons. The highest BCUT2D eigenvalue weighted by atomic mass is 32.1. The maximum atomic E-state index is 14.3. The van der Waals surface area contributed by atoms with Gasteiger partial charge in [0.15, 0.2) is 0 Å². The topological polar surface area (TPSA) is 115 Å². The molecule has 0 fully saturated rings. The number of alkyl halides is 3. The first-order valence-electron chi connectivity index (χ1n) is 10.7. The van der Waals surface area contributed by atoms with E-state index in [1.165, 1.54) is 12.1 Å². The maximum Gasteiger partial charge on any atom is 0.424 e. The van der Waals surface area contributed by atoms with E-state index in [4.69, 9.17) is 10.5 Å². The Bertz CT molecular complexity index is 1260. The number of rotatable bonds is 9. The Morgan fingerprint density at radius 1 is 1.19 bits per heavy atom. The zero-order chi connectivity index (χ0) is 26.7. The van der Waals surface area contributed by atoms with Crippen molar-refractivity contribution in [1.29, 1.82) is 0 Å². The molecule has 2 aromatic heterocycles. The van der Waals surface area contributed by atoms with Gasteiger partial charge in [0.25, 0.3) is 5.91 Å². The minimum Gasteiger partial charge on any atom is -0.491 e. The molecule has 0 saturated carbocycles. The van der Waals surface area contributed by atoms with E-state index in [1.807, 2.05) is 0 Å². The van der Waals surface area contributed by atoms with Gasteiger partial charge in [0.1, 0.15) is 17.3 Å². The summed E-state index contributed by atoms with van der Waals surface area (Å²) < 4.78 is 61.9. The van der Waals surface area contributed by atoms with Crippen LogP contribution < -0.4 is 15.8 Å². The summed E-state index contributed by atoms with van der Waals surface area (Å²) >= 11 is 1.04. The number of nitrogens with two attached hydrogens (primary N) is 1. The second-order valence-corrected chi connectivity index (χ2v) is 8.82. The minimum absolute atomic E-state index is 0.0329. The standard InChI is InChI=1S/C24H23F4N3O4S/c1-3-35-20-15(11-18(29)32)10-17(31-19(20)14-4-6-16(25)7-5-14)23(34,24(26,27)28)12-30-22(33)21-13(2)8-9-36-21/h4-10,34H,3,11-12H2,1-2H3,(H2,29,32)(H,30,33)/t23-/m0/s1. The van der Waals surface area contributed by atoms with E-state index in [-0.39, 0.29) is 34.1 Å². The number of nitrogens with zero attached hydrogens (tertiary/aromatic N) is 1. The van der Waals surface area contributed by atoms with Crippen LogP contribution in [0.3, 0.4) is 0 Å². The molecule has 1 aromatic carbocycles. The lowest BCUT2D eigenvalue weighted by Crippen LogP contribution is -2.51. The van der Waals surface area contributed by atoms with E-state index >= 15 is 0 Å². The highest BCUT2D eigenvalue weighted by Gasteiger charge is 2.56. The van der Waals surface area contributed by atoms with Crippen LogP contribution >= 0.6 is 11.3 Å². The molecular weight excluding hydrogens is 502 g/mol. The van der Waals surface area contributed by atoms with E-state index in [1.54, 1.807) is 25.3 Å². The highest BCUT2D eigenvalue weighted by Crippen LogP contribution is 2.42. The molecule has 3 aromatic rings. The first kappa shape index (κ1) is 27.1. The summed E-state index contributed by atoms with van der Waals surface area (Å²) in [5.74, 6) is -2.29. The normalized spacial score (nSPS) is 13.2. The Kier molecular flexibility index (Phi) is 7.99. The molecular formula is C24H23F4N3O4S. The van der Waals surface area contributed by atoms with Crippen molar-refractivity contribution in [2.75, 3.05) is 13.2 Å². The van der Waals surface area contributed by atoms with Gasteiger partial charge in [0.05, 0.1) is 30.1 Å². The molecule has 0 saturated heterocycles. The van der Waals surface area contributed by atoms with Crippen LogP contribution in [0.25, 0.3) is 11.3 Å². The van der Waals surface area contributed by atoms with Crippen LogP contribution in [0.5, 0.6) is 5.75 Å². The number of aromatic nitrogens is 1. The van der Waals surface area contributed by atoms with Crippen LogP contribution in [-0.2, 0) is 16.8 Å². The van der Waals surface area contributed by atoms with E-state index in [0.717, 1.165) is 29.5 Å². The summed E-state index contributed by atoms with van der Waals surface area (Å²) in [7, 11) is 0. The van der Waals surface area contributed by atoms with Gasteiger partial charge in [-0.05, 0) is 61.2 Å². The van der Waals surface area contributed by atoms with Crippen molar-refractivity contribution in [3.63, 3.8) is 0 Å². The van der Waals surface area contributed by atoms with Crippen LogP contribution in [0.4, 0.5) is 17.6 Å². The number of hydrogen-bond acceptors (Lipinski definition) is 6. The van der Waals surface area contributed by atoms with Crippen molar-refractivity contribution in [3.8, 4) is 17.0 Å². The Balaban J connectivity index is 2.17. The predicted molar refractivity (Wildman–Crippen MR) is 125 cm³/mol. The summed E-state index contributed by atoms with van der Waals surface area (Å²) in [5, 5.41) is 14.7. The molecule has 12 heteroatoms. The van der Waals surface area contributed by atoms with E-state index in [0.29, 0.717) is 5.56 Å². The first-order valence-corrected chi connectivity index (χ1v) is 11.6. The first-order chi connectivity index (χ1) is 16.9. The van der Waals surface area contributed by atoms with Crippen LogP contribution in [0.2, 0.25) is 0 Å². The molecule has 2 amide bonds. The number of halogens is 4. The predicted octanol–water partition coefficient (Wildman–Crippen LogP) is 3.86. The van der Waals surface area contributed by atoms with Crippen molar-refractivity contribution in [3.05, 3.63) is 69.3 Å². The Hall–Kier alpha value is -3.51. The molecule has 0 spiro atoms. The van der Waals surface area contributed by atoms with Crippen LogP contribution in [0, 0.1) is 12.7 Å². The second-order valence-electron chi connectivity index (χ2n) is 7.90. The Morgan fingerprint density at radius 2 is 1.86 bits per heavy atom. The highest BCUT2D eigenvalue weighted by molar-refractivity contribution is 7.12. The fourth-order valence-electron chi connectivity index (χ4n) is 3.46. The number of thiophene rings is 1. The van der Waals surface area contributed by atoms with Gasteiger partial charge in [-0.15, -0.1) is 11.3 Å². The average molecular weight is 526 g/mol. The largest absolute Gasteiger partial charge is 0.491 e. The molecule has 36 heavy (non-hydrogen) atoms. The number of carbonyl (C=O) groups is 2. The molecule has 7 nitrogen and oxygen atoms in total. The quantitative estimate of drug-likeness (QED) is 0.367. The number of benzene rings is 1. The van der Waals surface area contributed by atoms with Crippen molar-refractivity contribution < 1.29 is 37.0 Å². The number of hydrogen-bond donors (Lipinski definition) is 3. The van der Waals surface area contributed by atoms with E-state index in [9.17, 15) is 32.3 Å². The monoisotopic (exact) mass is 525 g/mol. The van der Waals surface area contributed by atoms with E-state index < -0.39 is 48.1 Å². The third-order valence-corrected chi connectivity index (χ3v) is 6.30. The average Bonchev–Trinajstić information content (AvgIpc) is 3.23. The molecule has 0 aliphatic carbocycles. The maximum absolute atomic E-state index is 14.3. The number of pyridine rings is 1. The third kappa shape index (κ3) is 5.65. The SMILES string of the molecule is CCOc1c(CC(N)=O)cc([C@@](O)(CNC(=O)c2sccc2C)C(F)(F)F)nc1-c1ccc(F)cc1. The number of amides is 2. The van der Waals surface area contributed by atoms with Crippen molar-refractivity contribution in [2.45, 2.75) is 32.0 Å². The summed E-state index contributed by atoms with van der Waals surface area (Å²) in [6.07, 6.45) is -5.80. The van der Waals surface area contributed by atoms with Crippen LogP contribution in [0.1, 0.15) is 33.4 Å². The lowest BCUT2D eigenvalue weighted by atomic mass is 9.93. The number of nitrogens with one attached hydrogen (secondary N) is 1. The van der Waals surface area contributed by atoms with Crippen LogP contribution in [-0.4, -0.2) is 41.2 Å². The summed E-state index contributed by atoms with van der Waals surface area (Å²) in [6, 6.07) is 7.20. The number of carbonyl (C=O) groups excluding carboxylic acids is 2. The molecule has 0 bridgehead atoms. The number of aliphatic hydroxyl groups is 1. The Labute approximate surface area is 207 Å². The number of aryl methyl sites for hydroxylation is 1. The van der Waals surface area contributed by atoms with Gasteiger partial charge >= 0.3 is 6.18 Å². The van der Waals surface area contributed by atoms with Gasteiger partial charge < -0.3 is 20.9 Å². The zero-order valence-electron chi connectivity index (χ0n) is 19.3. The molecule has 0 unspecified atom stereocenters. The van der Waals surface area contributed by atoms with Gasteiger partial charge in [-0.2, -0.15) is 13.2 Å². The smallest absolute Gasteiger partial charge is 0.424 e. The second kappa shape index (κ2) is 10.6. The molecule has 2 heterocycles. The molecule has 1 atom stereocenters. The Morgan fingerprint density at radius 3 is 2.39 bits per heavy atom. The van der Waals surface area contributed by atoms with Crippen molar-refractivity contribution >= 4 is 23.2 Å². The number of primary amides is 1. The van der Waals surface area contributed by atoms with Crippen LogP contribution in [0.15, 0.2) is 41.8 Å². The molecule has 0 aliphatic heterocycles. The van der Waals surface area contributed by atoms with Gasteiger partial charge in [0.2, 0.25) is 11.5 Å². The molecule has 4 N–H and O–H groups in total. The molecule has 3 rings (SSSR count). The van der Waals surface area contributed by atoms with E-state index in [2.05, 4.69) is 10.3 Å². The van der Waals surface area contributed by atoms with Crippen molar-refractivity contribution in [2.24, 2.45) is 5.73 Å². The van der Waals surface area contributed by atoms with Gasteiger partial charge in [-0.25, -0.2) is 9.37 Å². The third-order valence-electron chi connectivity index (χ3n) is 5.29. The van der Waals surface area contributed by atoms with Gasteiger partial charge in [0, 0.05) is 11.1 Å². The molecule has 0 aliphatic rings. The minimum atomic E-state index is -5.28. The lowest BCUT2D eigenvalue weighted by molar-refractivity contribution is -0.265.